The Bertz CT molecular complexity index is 646. The lowest BCUT2D eigenvalue weighted by atomic mass is 10.1. The molecule has 1 aromatic heterocycles. The van der Waals surface area contributed by atoms with E-state index in [0.29, 0.717) is 6.07 Å². The largest absolute Gasteiger partial charge is 0.396 e. The number of nitrogens with one attached hydrogen (secondary N) is 1. The molecule has 1 amide bonds. The van der Waals surface area contributed by atoms with Crippen LogP contribution in [0.25, 0.3) is 0 Å². The average Bonchev–Trinajstić information content (AvgIpc) is 2.84. The van der Waals surface area contributed by atoms with Crippen molar-refractivity contribution in [1.29, 1.82) is 0 Å². The van der Waals surface area contributed by atoms with E-state index >= 15 is 0 Å². The Hall–Kier alpha value is -2.62. The van der Waals surface area contributed by atoms with Crippen molar-refractivity contribution in [2.45, 2.75) is 0 Å². The maximum absolute atomic E-state index is 13.2. The van der Waals surface area contributed by atoms with E-state index in [1.165, 1.54) is 5.51 Å². The number of hydrogen-bond acceptors (Lipinski definition) is 7. The van der Waals surface area contributed by atoms with Crippen molar-refractivity contribution in [3.8, 4) is 0 Å². The number of rotatable bonds is 3. The molecule has 1 aromatic carbocycles. The first kappa shape index (κ1) is 12.8. The number of halogens is 1. The quantitative estimate of drug-likeness (QED) is 0.498. The number of carbonyl (C=O) groups is 1. The van der Waals surface area contributed by atoms with Gasteiger partial charge in [0, 0.05) is 0 Å². The number of carbonyl (C=O) groups excluding carboxylic acids is 1. The van der Waals surface area contributed by atoms with Crippen molar-refractivity contribution < 1.29 is 14.1 Å². The molecular weight excluding hydrogens is 277 g/mol. The minimum absolute atomic E-state index is 0.169. The third-order valence-electron chi connectivity index (χ3n) is 2.14. The number of nitro groups is 1. The van der Waals surface area contributed by atoms with Crippen LogP contribution in [-0.4, -0.2) is 21.0 Å². The van der Waals surface area contributed by atoms with Gasteiger partial charge in [-0.2, -0.15) is 0 Å². The molecule has 0 bridgehead atoms. The lowest BCUT2D eigenvalue weighted by Crippen LogP contribution is -2.15. The van der Waals surface area contributed by atoms with E-state index in [9.17, 15) is 19.3 Å². The van der Waals surface area contributed by atoms with Gasteiger partial charge in [-0.1, -0.05) is 11.3 Å². The molecule has 0 radical (unpaired) electrons. The second kappa shape index (κ2) is 4.94. The molecule has 0 saturated carbocycles. The SMILES string of the molecule is Nc1cc(C(=O)Nc2nncs2)c([N+](=O)[O-])cc1F. The van der Waals surface area contributed by atoms with Gasteiger partial charge < -0.3 is 5.73 Å². The van der Waals surface area contributed by atoms with Crippen LogP contribution >= 0.6 is 11.3 Å². The summed E-state index contributed by atoms with van der Waals surface area (Å²) < 4.78 is 13.2. The zero-order valence-corrected chi connectivity index (χ0v) is 9.98. The van der Waals surface area contributed by atoms with Crippen LogP contribution in [0.2, 0.25) is 0 Å². The number of nitrogens with two attached hydrogens (primary N) is 1. The first-order valence-corrected chi connectivity index (χ1v) is 5.68. The molecule has 0 saturated heterocycles. The predicted octanol–water partition coefficient (Wildman–Crippen LogP) is 1.42. The highest BCUT2D eigenvalue weighted by Gasteiger charge is 2.23. The number of nitrogens with zero attached hydrogens (tertiary/aromatic N) is 3. The minimum atomic E-state index is -0.959. The van der Waals surface area contributed by atoms with Gasteiger partial charge in [0.1, 0.15) is 11.1 Å². The predicted molar refractivity (Wildman–Crippen MR) is 65.3 cm³/mol. The minimum Gasteiger partial charge on any atom is -0.396 e. The van der Waals surface area contributed by atoms with Gasteiger partial charge in [0.05, 0.1) is 16.7 Å². The van der Waals surface area contributed by atoms with E-state index < -0.39 is 22.3 Å². The van der Waals surface area contributed by atoms with Crippen molar-refractivity contribution in [3.05, 3.63) is 39.1 Å². The van der Waals surface area contributed by atoms with Crippen LogP contribution < -0.4 is 11.1 Å². The van der Waals surface area contributed by atoms with Crippen molar-refractivity contribution in [1.82, 2.24) is 10.2 Å². The molecule has 3 N–H and O–H groups in total. The standard InChI is InChI=1S/C9H6FN5O3S/c10-5-2-7(15(17)18)4(1-6(5)11)8(16)13-9-14-12-3-19-9/h1-3H,11H2,(H,13,14,16). The molecular formula is C9H6FN5O3S. The van der Waals surface area contributed by atoms with Crippen LogP contribution in [0.3, 0.4) is 0 Å². The number of nitrogen functional groups attached to an aromatic ring is 1. The molecule has 0 aliphatic rings. The Labute approximate surface area is 109 Å². The first-order valence-electron chi connectivity index (χ1n) is 4.80. The van der Waals surface area contributed by atoms with Crippen molar-refractivity contribution in [2.24, 2.45) is 0 Å². The van der Waals surface area contributed by atoms with E-state index in [0.717, 1.165) is 17.4 Å². The molecule has 0 aliphatic heterocycles. The van der Waals surface area contributed by atoms with Crippen molar-refractivity contribution in [2.75, 3.05) is 11.1 Å². The summed E-state index contributed by atoms with van der Waals surface area (Å²) in [4.78, 5) is 21.8. The molecule has 1 heterocycles. The summed E-state index contributed by atoms with van der Waals surface area (Å²) in [5.74, 6) is -1.77. The summed E-state index contributed by atoms with van der Waals surface area (Å²) in [7, 11) is 0. The van der Waals surface area contributed by atoms with Gasteiger partial charge >= 0.3 is 0 Å². The molecule has 10 heteroatoms. The fraction of sp³-hybridized carbons (Fsp3) is 0. The molecule has 0 atom stereocenters. The maximum atomic E-state index is 13.2. The Morgan fingerprint density at radius 3 is 2.84 bits per heavy atom. The van der Waals surface area contributed by atoms with Gasteiger partial charge in [-0.15, -0.1) is 10.2 Å². The summed E-state index contributed by atoms with van der Waals surface area (Å²) in [5, 5.41) is 20.3. The highest BCUT2D eigenvalue weighted by atomic mass is 32.1. The van der Waals surface area contributed by atoms with Crippen molar-refractivity contribution in [3.63, 3.8) is 0 Å². The lowest BCUT2D eigenvalue weighted by Gasteiger charge is -2.04. The third kappa shape index (κ3) is 2.63. The summed E-state index contributed by atoms with van der Waals surface area (Å²) in [6, 6.07) is 1.51. The molecule has 0 spiro atoms. The number of benzene rings is 1. The van der Waals surface area contributed by atoms with Crippen LogP contribution in [0.1, 0.15) is 10.4 Å². The van der Waals surface area contributed by atoms with Crippen LogP contribution in [0, 0.1) is 15.9 Å². The van der Waals surface area contributed by atoms with Crippen LogP contribution in [-0.2, 0) is 0 Å². The smallest absolute Gasteiger partial charge is 0.285 e. The lowest BCUT2D eigenvalue weighted by molar-refractivity contribution is -0.385. The topological polar surface area (TPSA) is 124 Å². The molecule has 2 aromatic rings. The van der Waals surface area contributed by atoms with Crippen LogP contribution in [0.4, 0.5) is 20.9 Å². The zero-order chi connectivity index (χ0) is 14.0. The van der Waals surface area contributed by atoms with Crippen LogP contribution in [0.15, 0.2) is 17.6 Å². The monoisotopic (exact) mass is 283 g/mol. The third-order valence-corrected chi connectivity index (χ3v) is 2.74. The number of aromatic nitrogens is 2. The second-order valence-electron chi connectivity index (χ2n) is 3.35. The van der Waals surface area contributed by atoms with Gasteiger partial charge in [0.2, 0.25) is 5.13 Å². The van der Waals surface area contributed by atoms with Crippen LogP contribution in [0.5, 0.6) is 0 Å². The van der Waals surface area contributed by atoms with Gasteiger partial charge in [-0.25, -0.2) is 4.39 Å². The van der Waals surface area contributed by atoms with E-state index in [-0.39, 0.29) is 16.4 Å². The fourth-order valence-electron chi connectivity index (χ4n) is 1.30. The van der Waals surface area contributed by atoms with E-state index in [2.05, 4.69) is 15.5 Å². The molecule has 8 nitrogen and oxygen atoms in total. The molecule has 0 unspecified atom stereocenters. The van der Waals surface area contributed by atoms with Gasteiger partial charge in [0.15, 0.2) is 5.82 Å². The highest BCUT2D eigenvalue weighted by molar-refractivity contribution is 7.13. The maximum Gasteiger partial charge on any atom is 0.285 e. The normalized spacial score (nSPS) is 10.2. The van der Waals surface area contributed by atoms with Gasteiger partial charge in [-0.05, 0) is 6.07 Å². The zero-order valence-electron chi connectivity index (χ0n) is 9.16. The summed E-state index contributed by atoms with van der Waals surface area (Å²) in [6.45, 7) is 0. The number of amides is 1. The first-order chi connectivity index (χ1) is 8.99. The Morgan fingerprint density at radius 1 is 1.53 bits per heavy atom. The highest BCUT2D eigenvalue weighted by Crippen LogP contribution is 2.25. The summed E-state index contributed by atoms with van der Waals surface area (Å²) in [5.41, 5.74) is 5.30. The van der Waals surface area contributed by atoms with Crippen molar-refractivity contribution >= 4 is 33.8 Å². The number of anilines is 2. The molecule has 0 fully saturated rings. The summed E-state index contributed by atoms with van der Waals surface area (Å²) in [6.07, 6.45) is 0. The molecule has 19 heavy (non-hydrogen) atoms. The van der Waals surface area contributed by atoms with Gasteiger partial charge in [-0.3, -0.25) is 20.2 Å². The second-order valence-corrected chi connectivity index (χ2v) is 4.18. The molecule has 0 aliphatic carbocycles. The number of hydrogen-bond donors (Lipinski definition) is 2. The fourth-order valence-corrected chi connectivity index (χ4v) is 1.74. The van der Waals surface area contributed by atoms with E-state index in [4.69, 9.17) is 5.73 Å². The molecule has 98 valence electrons. The van der Waals surface area contributed by atoms with E-state index in [1.807, 2.05) is 0 Å². The summed E-state index contributed by atoms with van der Waals surface area (Å²) >= 11 is 1.04. The average molecular weight is 283 g/mol. The molecule has 2 rings (SSSR count). The Balaban J connectivity index is 2.40. The number of nitro benzene ring substituents is 1. The Morgan fingerprint density at radius 2 is 2.26 bits per heavy atom. The Kier molecular flexibility index (Phi) is 3.33. The van der Waals surface area contributed by atoms with E-state index in [1.54, 1.807) is 0 Å². The van der Waals surface area contributed by atoms with Gasteiger partial charge in [0.25, 0.3) is 11.6 Å².